The molecule has 2 heterocycles. The number of rotatable bonds is 4. The zero-order valence-corrected chi connectivity index (χ0v) is 13.7. The van der Waals surface area contributed by atoms with Crippen molar-refractivity contribution in [1.29, 1.82) is 0 Å². The number of amides is 2. The van der Waals surface area contributed by atoms with E-state index >= 15 is 0 Å². The third kappa shape index (κ3) is 3.64. The van der Waals surface area contributed by atoms with Crippen LogP contribution in [0.3, 0.4) is 0 Å². The molecule has 2 amide bonds. The molecule has 0 bridgehead atoms. The minimum absolute atomic E-state index is 0.00155. The molecule has 0 atom stereocenters. The molecule has 24 heavy (non-hydrogen) atoms. The molecule has 1 fully saturated rings. The fourth-order valence-electron chi connectivity index (χ4n) is 2.93. The van der Waals surface area contributed by atoms with E-state index < -0.39 is 0 Å². The fraction of sp³-hybridized carbons (Fsp3) is 0.389. The molecular formula is C18H21N3O3. The Balaban J connectivity index is 1.59. The van der Waals surface area contributed by atoms with Gasteiger partial charge in [-0.3, -0.25) is 9.59 Å². The van der Waals surface area contributed by atoms with Crippen molar-refractivity contribution in [2.24, 2.45) is 11.7 Å². The molecule has 3 rings (SSSR count). The van der Waals surface area contributed by atoms with Gasteiger partial charge in [0.25, 0.3) is 0 Å². The van der Waals surface area contributed by atoms with Crippen LogP contribution in [0.1, 0.15) is 24.1 Å². The standard InChI is InChI=1S/C18H21N3O3/c1-12-2-4-13(5-3-12)16-10-15(20-24-16)11-17(22)21-8-6-14(7-9-21)18(19)23/h2-5,10,14H,6-9,11H2,1H3,(H2,19,23). The first-order valence-corrected chi connectivity index (χ1v) is 8.12. The molecule has 0 unspecified atom stereocenters. The van der Waals surface area contributed by atoms with Crippen LogP contribution in [0, 0.1) is 12.8 Å². The summed E-state index contributed by atoms with van der Waals surface area (Å²) in [6.45, 7) is 3.15. The van der Waals surface area contributed by atoms with Crippen LogP contribution >= 0.6 is 0 Å². The minimum atomic E-state index is -0.277. The highest BCUT2D eigenvalue weighted by molar-refractivity contribution is 5.80. The Morgan fingerprint density at radius 2 is 1.92 bits per heavy atom. The molecule has 6 heteroatoms. The highest BCUT2D eigenvalue weighted by atomic mass is 16.5. The van der Waals surface area contributed by atoms with Gasteiger partial charge in [-0.1, -0.05) is 35.0 Å². The van der Waals surface area contributed by atoms with E-state index in [2.05, 4.69) is 5.16 Å². The van der Waals surface area contributed by atoms with Crippen LogP contribution in [0.5, 0.6) is 0 Å². The van der Waals surface area contributed by atoms with Gasteiger partial charge in [0.05, 0.1) is 12.1 Å². The molecule has 0 saturated carbocycles. The third-order valence-electron chi connectivity index (χ3n) is 4.48. The van der Waals surface area contributed by atoms with E-state index in [0.29, 0.717) is 37.4 Å². The number of nitrogens with two attached hydrogens (primary N) is 1. The van der Waals surface area contributed by atoms with Gasteiger partial charge < -0.3 is 15.2 Å². The zero-order chi connectivity index (χ0) is 17.1. The molecule has 1 aromatic heterocycles. The Morgan fingerprint density at radius 1 is 1.25 bits per heavy atom. The second-order valence-electron chi connectivity index (χ2n) is 6.28. The smallest absolute Gasteiger partial charge is 0.228 e. The van der Waals surface area contributed by atoms with E-state index in [9.17, 15) is 9.59 Å². The van der Waals surface area contributed by atoms with E-state index in [1.54, 1.807) is 11.0 Å². The molecule has 1 saturated heterocycles. The van der Waals surface area contributed by atoms with Crippen LogP contribution in [-0.4, -0.2) is 35.0 Å². The Bertz CT molecular complexity index is 728. The molecule has 2 aromatic rings. The molecule has 1 aliphatic rings. The summed E-state index contributed by atoms with van der Waals surface area (Å²) in [5.41, 5.74) is 8.05. The lowest BCUT2D eigenvalue weighted by atomic mass is 9.96. The highest BCUT2D eigenvalue weighted by Gasteiger charge is 2.26. The van der Waals surface area contributed by atoms with E-state index in [1.165, 1.54) is 5.56 Å². The van der Waals surface area contributed by atoms with Crippen molar-refractivity contribution in [1.82, 2.24) is 10.1 Å². The third-order valence-corrected chi connectivity index (χ3v) is 4.48. The van der Waals surface area contributed by atoms with E-state index in [0.717, 1.165) is 5.56 Å². The van der Waals surface area contributed by atoms with Gasteiger partial charge in [-0.25, -0.2) is 0 Å². The first-order chi connectivity index (χ1) is 11.5. The summed E-state index contributed by atoms with van der Waals surface area (Å²) >= 11 is 0. The second kappa shape index (κ2) is 6.86. The second-order valence-corrected chi connectivity index (χ2v) is 6.28. The number of hydrogen-bond donors (Lipinski definition) is 1. The number of aryl methyl sites for hydroxylation is 1. The number of carbonyl (C=O) groups is 2. The summed E-state index contributed by atoms with van der Waals surface area (Å²) < 4.78 is 5.35. The largest absolute Gasteiger partial charge is 0.369 e. The number of carbonyl (C=O) groups excluding carboxylic acids is 2. The molecule has 2 N–H and O–H groups in total. The summed E-state index contributed by atoms with van der Waals surface area (Å²) in [7, 11) is 0. The Morgan fingerprint density at radius 3 is 2.54 bits per heavy atom. The quantitative estimate of drug-likeness (QED) is 0.929. The van der Waals surface area contributed by atoms with Gasteiger partial charge in [-0.2, -0.15) is 0 Å². The van der Waals surface area contributed by atoms with Crippen LogP contribution in [0.15, 0.2) is 34.9 Å². The SMILES string of the molecule is Cc1ccc(-c2cc(CC(=O)N3CCC(C(N)=O)CC3)no2)cc1. The molecule has 0 aliphatic carbocycles. The number of aromatic nitrogens is 1. The van der Waals surface area contributed by atoms with Crippen molar-refractivity contribution in [3.63, 3.8) is 0 Å². The monoisotopic (exact) mass is 327 g/mol. The summed E-state index contributed by atoms with van der Waals surface area (Å²) in [4.78, 5) is 25.3. The highest BCUT2D eigenvalue weighted by Crippen LogP contribution is 2.22. The number of nitrogens with zero attached hydrogens (tertiary/aromatic N) is 2. The van der Waals surface area contributed by atoms with Gasteiger partial charge in [-0.15, -0.1) is 0 Å². The number of likely N-dealkylation sites (tertiary alicyclic amines) is 1. The average Bonchev–Trinajstić information content (AvgIpc) is 3.04. The maximum atomic E-state index is 12.4. The van der Waals surface area contributed by atoms with Crippen molar-refractivity contribution in [2.75, 3.05) is 13.1 Å². The van der Waals surface area contributed by atoms with Crippen LogP contribution < -0.4 is 5.73 Å². The first kappa shape index (κ1) is 16.2. The topological polar surface area (TPSA) is 89.4 Å². The van der Waals surface area contributed by atoms with Gasteiger partial charge in [0, 0.05) is 30.6 Å². The van der Waals surface area contributed by atoms with Gasteiger partial charge in [0.1, 0.15) is 0 Å². The summed E-state index contributed by atoms with van der Waals surface area (Å²) in [6.07, 6.45) is 1.47. The summed E-state index contributed by atoms with van der Waals surface area (Å²) in [5.74, 6) is 0.266. The van der Waals surface area contributed by atoms with Gasteiger partial charge in [-0.05, 0) is 19.8 Å². The van der Waals surface area contributed by atoms with Crippen LogP contribution in [0.4, 0.5) is 0 Å². The van der Waals surface area contributed by atoms with E-state index in [4.69, 9.17) is 10.3 Å². The fourth-order valence-corrected chi connectivity index (χ4v) is 2.93. The van der Waals surface area contributed by atoms with Crippen LogP contribution in [0.25, 0.3) is 11.3 Å². The molecule has 0 radical (unpaired) electrons. The maximum Gasteiger partial charge on any atom is 0.228 e. The summed E-state index contributed by atoms with van der Waals surface area (Å²) in [6, 6.07) is 9.75. The van der Waals surface area contributed by atoms with Crippen molar-refractivity contribution in [2.45, 2.75) is 26.2 Å². The van der Waals surface area contributed by atoms with Crippen molar-refractivity contribution in [3.05, 3.63) is 41.6 Å². The average molecular weight is 327 g/mol. The first-order valence-electron chi connectivity index (χ1n) is 8.12. The molecule has 6 nitrogen and oxygen atoms in total. The Labute approximate surface area is 140 Å². The van der Waals surface area contributed by atoms with Gasteiger partial charge in [0.2, 0.25) is 11.8 Å². The molecule has 126 valence electrons. The predicted molar refractivity (Wildman–Crippen MR) is 88.9 cm³/mol. The number of hydrogen-bond acceptors (Lipinski definition) is 4. The van der Waals surface area contributed by atoms with Crippen LogP contribution in [0.2, 0.25) is 0 Å². The number of piperidine rings is 1. The predicted octanol–water partition coefficient (Wildman–Crippen LogP) is 1.92. The molecule has 1 aliphatic heterocycles. The Hall–Kier alpha value is -2.63. The number of primary amides is 1. The van der Waals surface area contributed by atoms with Crippen molar-refractivity contribution in [3.8, 4) is 11.3 Å². The van der Waals surface area contributed by atoms with Gasteiger partial charge in [0.15, 0.2) is 5.76 Å². The van der Waals surface area contributed by atoms with Gasteiger partial charge >= 0.3 is 0 Å². The lowest BCUT2D eigenvalue weighted by Gasteiger charge is -2.30. The Kier molecular flexibility index (Phi) is 4.64. The van der Waals surface area contributed by atoms with E-state index in [1.807, 2.05) is 31.2 Å². The lowest BCUT2D eigenvalue weighted by molar-refractivity contribution is -0.134. The molecular weight excluding hydrogens is 306 g/mol. The number of benzene rings is 1. The summed E-state index contributed by atoms with van der Waals surface area (Å²) in [5, 5.41) is 4.00. The van der Waals surface area contributed by atoms with Crippen molar-refractivity contribution < 1.29 is 14.1 Å². The zero-order valence-electron chi connectivity index (χ0n) is 13.7. The minimum Gasteiger partial charge on any atom is -0.369 e. The maximum absolute atomic E-state index is 12.4. The normalized spacial score (nSPS) is 15.5. The van der Waals surface area contributed by atoms with Crippen molar-refractivity contribution >= 4 is 11.8 Å². The van der Waals surface area contributed by atoms with Crippen LogP contribution in [-0.2, 0) is 16.0 Å². The molecule has 0 spiro atoms. The lowest BCUT2D eigenvalue weighted by Crippen LogP contribution is -2.42. The van der Waals surface area contributed by atoms with E-state index in [-0.39, 0.29) is 24.2 Å². The molecule has 1 aromatic carbocycles.